The molecule has 2 heterocycles. The summed E-state index contributed by atoms with van der Waals surface area (Å²) in [7, 11) is 0. The van der Waals surface area contributed by atoms with Crippen LogP contribution in [0.25, 0.3) is 0 Å². The summed E-state index contributed by atoms with van der Waals surface area (Å²) < 4.78 is 0.980. The van der Waals surface area contributed by atoms with Crippen molar-refractivity contribution in [2.24, 2.45) is 5.41 Å². The summed E-state index contributed by atoms with van der Waals surface area (Å²) in [5, 5.41) is 3.44. The molecule has 0 unspecified atom stereocenters. The normalized spacial score (nSPS) is 17.1. The lowest BCUT2D eigenvalue weighted by Gasteiger charge is -2.36. The van der Waals surface area contributed by atoms with Crippen LogP contribution in [-0.2, 0) is 4.79 Å². The average molecular weight is 340 g/mol. The number of anilines is 1. The molecule has 1 aliphatic rings. The minimum absolute atomic E-state index is 0.248. The SMILES string of the molecule is CC(C)(C)C(=O)N1CCC(Nc2ccc(Br)cn2)CC1. The molecule has 0 saturated carbocycles. The molecule has 0 aliphatic carbocycles. The highest BCUT2D eigenvalue weighted by Crippen LogP contribution is 2.22. The number of nitrogens with zero attached hydrogens (tertiary/aromatic N) is 2. The molecule has 1 N–H and O–H groups in total. The van der Waals surface area contributed by atoms with Gasteiger partial charge in [-0.25, -0.2) is 4.98 Å². The average Bonchev–Trinajstić information content (AvgIpc) is 2.40. The van der Waals surface area contributed by atoms with E-state index in [9.17, 15) is 4.79 Å². The van der Waals surface area contributed by atoms with E-state index in [0.717, 1.165) is 36.2 Å². The number of piperidine rings is 1. The van der Waals surface area contributed by atoms with Gasteiger partial charge in [0.05, 0.1) is 0 Å². The van der Waals surface area contributed by atoms with Crippen molar-refractivity contribution in [1.29, 1.82) is 0 Å². The Labute approximate surface area is 129 Å². The van der Waals surface area contributed by atoms with Crippen LogP contribution < -0.4 is 5.32 Å². The largest absolute Gasteiger partial charge is 0.367 e. The molecule has 0 spiro atoms. The van der Waals surface area contributed by atoms with Gasteiger partial charge in [-0.1, -0.05) is 20.8 Å². The molecule has 0 atom stereocenters. The van der Waals surface area contributed by atoms with E-state index in [1.807, 2.05) is 37.8 Å². The molecule has 1 aliphatic heterocycles. The fraction of sp³-hybridized carbons (Fsp3) is 0.600. The van der Waals surface area contributed by atoms with Crippen molar-refractivity contribution >= 4 is 27.7 Å². The van der Waals surface area contributed by atoms with Crippen molar-refractivity contribution in [2.75, 3.05) is 18.4 Å². The number of halogens is 1. The van der Waals surface area contributed by atoms with Crippen LogP contribution in [0.15, 0.2) is 22.8 Å². The van der Waals surface area contributed by atoms with E-state index < -0.39 is 0 Å². The van der Waals surface area contributed by atoms with Gasteiger partial charge in [0, 0.05) is 35.2 Å². The fourth-order valence-electron chi connectivity index (χ4n) is 2.37. The van der Waals surface area contributed by atoms with Crippen LogP contribution in [0.4, 0.5) is 5.82 Å². The summed E-state index contributed by atoms with van der Waals surface area (Å²) in [6, 6.07) is 4.34. The van der Waals surface area contributed by atoms with Crippen molar-refractivity contribution in [2.45, 2.75) is 39.7 Å². The molecule has 1 aromatic heterocycles. The molecular weight excluding hydrogens is 318 g/mol. The van der Waals surface area contributed by atoms with Gasteiger partial charge in [-0.05, 0) is 40.9 Å². The molecular formula is C15H22BrN3O. The smallest absolute Gasteiger partial charge is 0.227 e. The predicted octanol–water partition coefficient (Wildman–Crippen LogP) is 3.29. The Morgan fingerprint density at radius 2 is 2.00 bits per heavy atom. The predicted molar refractivity (Wildman–Crippen MR) is 84.6 cm³/mol. The van der Waals surface area contributed by atoms with Gasteiger partial charge in [0.2, 0.25) is 5.91 Å². The third-order valence-corrected chi connectivity index (χ3v) is 3.97. The zero-order valence-corrected chi connectivity index (χ0v) is 13.9. The highest BCUT2D eigenvalue weighted by molar-refractivity contribution is 9.10. The quantitative estimate of drug-likeness (QED) is 0.899. The summed E-state index contributed by atoms with van der Waals surface area (Å²) in [4.78, 5) is 18.5. The number of carbonyl (C=O) groups is 1. The minimum atomic E-state index is -0.284. The molecule has 0 bridgehead atoms. The van der Waals surface area contributed by atoms with Crippen molar-refractivity contribution in [3.63, 3.8) is 0 Å². The zero-order valence-electron chi connectivity index (χ0n) is 12.3. The van der Waals surface area contributed by atoms with E-state index in [1.165, 1.54) is 0 Å². The first-order valence-corrected chi connectivity index (χ1v) is 7.83. The van der Waals surface area contributed by atoms with E-state index in [4.69, 9.17) is 0 Å². The minimum Gasteiger partial charge on any atom is -0.367 e. The zero-order chi connectivity index (χ0) is 14.8. The van der Waals surface area contributed by atoms with Crippen LogP contribution in [0.2, 0.25) is 0 Å². The maximum absolute atomic E-state index is 12.2. The van der Waals surface area contributed by atoms with Gasteiger partial charge in [-0.15, -0.1) is 0 Å². The van der Waals surface area contributed by atoms with Crippen molar-refractivity contribution < 1.29 is 4.79 Å². The van der Waals surface area contributed by atoms with E-state index >= 15 is 0 Å². The first-order valence-electron chi connectivity index (χ1n) is 7.04. The van der Waals surface area contributed by atoms with E-state index in [1.54, 1.807) is 6.20 Å². The number of carbonyl (C=O) groups excluding carboxylic acids is 1. The van der Waals surface area contributed by atoms with Crippen molar-refractivity contribution in [1.82, 2.24) is 9.88 Å². The fourth-order valence-corrected chi connectivity index (χ4v) is 2.61. The summed E-state index contributed by atoms with van der Waals surface area (Å²) >= 11 is 3.38. The van der Waals surface area contributed by atoms with Crippen LogP contribution in [0.5, 0.6) is 0 Å². The topological polar surface area (TPSA) is 45.2 Å². The van der Waals surface area contributed by atoms with Crippen LogP contribution in [0, 0.1) is 5.41 Å². The molecule has 1 saturated heterocycles. The van der Waals surface area contributed by atoms with E-state index in [2.05, 4.69) is 26.2 Å². The summed E-state index contributed by atoms with van der Waals surface area (Å²) in [5.41, 5.74) is -0.284. The lowest BCUT2D eigenvalue weighted by Crippen LogP contribution is -2.46. The number of pyridine rings is 1. The highest BCUT2D eigenvalue weighted by Gasteiger charge is 2.30. The Morgan fingerprint density at radius 3 is 2.50 bits per heavy atom. The maximum atomic E-state index is 12.2. The van der Waals surface area contributed by atoms with Gasteiger partial charge in [0.25, 0.3) is 0 Å². The highest BCUT2D eigenvalue weighted by atomic mass is 79.9. The summed E-state index contributed by atoms with van der Waals surface area (Å²) in [5.74, 6) is 1.14. The molecule has 1 aromatic rings. The van der Waals surface area contributed by atoms with E-state index in [-0.39, 0.29) is 11.3 Å². The first-order chi connectivity index (χ1) is 9.36. The number of amides is 1. The van der Waals surface area contributed by atoms with Crippen molar-refractivity contribution in [3.05, 3.63) is 22.8 Å². The molecule has 110 valence electrons. The molecule has 0 radical (unpaired) electrons. The van der Waals surface area contributed by atoms with Crippen LogP contribution >= 0.6 is 15.9 Å². The van der Waals surface area contributed by atoms with Crippen molar-refractivity contribution in [3.8, 4) is 0 Å². The Hall–Kier alpha value is -1.10. The maximum Gasteiger partial charge on any atom is 0.227 e. The molecule has 1 fully saturated rings. The van der Waals surface area contributed by atoms with Crippen LogP contribution in [0.1, 0.15) is 33.6 Å². The van der Waals surface area contributed by atoms with Crippen LogP contribution in [0.3, 0.4) is 0 Å². The third-order valence-electron chi connectivity index (χ3n) is 3.50. The van der Waals surface area contributed by atoms with Gasteiger partial charge >= 0.3 is 0 Å². The summed E-state index contributed by atoms with van der Waals surface area (Å²) in [6.45, 7) is 7.58. The third kappa shape index (κ3) is 3.95. The number of rotatable bonds is 2. The van der Waals surface area contributed by atoms with Crippen LogP contribution in [-0.4, -0.2) is 34.9 Å². The lowest BCUT2D eigenvalue weighted by molar-refractivity contribution is -0.140. The molecule has 2 rings (SSSR count). The summed E-state index contributed by atoms with van der Waals surface area (Å²) in [6.07, 6.45) is 3.74. The molecule has 1 amide bonds. The Bertz CT molecular complexity index is 459. The number of nitrogens with one attached hydrogen (secondary N) is 1. The lowest BCUT2D eigenvalue weighted by atomic mass is 9.93. The second-order valence-electron chi connectivity index (χ2n) is 6.32. The molecule has 4 nitrogen and oxygen atoms in total. The monoisotopic (exact) mass is 339 g/mol. The number of likely N-dealkylation sites (tertiary alicyclic amines) is 1. The molecule has 0 aromatic carbocycles. The second-order valence-corrected chi connectivity index (χ2v) is 7.24. The Balaban J connectivity index is 1.85. The molecule has 5 heteroatoms. The van der Waals surface area contributed by atoms with Gasteiger partial charge in [-0.2, -0.15) is 0 Å². The van der Waals surface area contributed by atoms with Gasteiger partial charge in [0.15, 0.2) is 0 Å². The van der Waals surface area contributed by atoms with E-state index in [0.29, 0.717) is 6.04 Å². The number of aromatic nitrogens is 1. The Morgan fingerprint density at radius 1 is 1.35 bits per heavy atom. The Kier molecular flexibility index (Phi) is 4.68. The van der Waals surface area contributed by atoms with Gasteiger partial charge in [-0.3, -0.25) is 4.79 Å². The van der Waals surface area contributed by atoms with Gasteiger partial charge in [0.1, 0.15) is 5.82 Å². The van der Waals surface area contributed by atoms with Gasteiger partial charge < -0.3 is 10.2 Å². The second kappa shape index (κ2) is 6.12. The number of hydrogen-bond acceptors (Lipinski definition) is 3. The standard InChI is InChI=1S/C15H22BrN3O/c1-15(2,3)14(20)19-8-6-12(7-9-19)18-13-5-4-11(16)10-17-13/h4-5,10,12H,6-9H2,1-3H3,(H,17,18). The number of hydrogen-bond donors (Lipinski definition) is 1. The first kappa shape index (κ1) is 15.3. The molecule has 20 heavy (non-hydrogen) atoms.